The van der Waals surface area contributed by atoms with Crippen molar-refractivity contribution < 1.29 is 14.1 Å². The predicted octanol–water partition coefficient (Wildman–Crippen LogP) is 2.26. The lowest BCUT2D eigenvalue weighted by atomic mass is 9.96. The van der Waals surface area contributed by atoms with Crippen molar-refractivity contribution in [3.8, 4) is 12.0 Å². The lowest BCUT2D eigenvalue weighted by Gasteiger charge is -2.10. The van der Waals surface area contributed by atoms with Crippen LogP contribution in [0.1, 0.15) is 24.0 Å². The lowest BCUT2D eigenvalue weighted by molar-refractivity contribution is -0.137. The number of hydrogen-bond acceptors (Lipinski definition) is 5. The summed E-state index contributed by atoms with van der Waals surface area (Å²) in [6, 6.07) is 10.4. The first-order valence-corrected chi connectivity index (χ1v) is 5.33. The Hall–Kier alpha value is -2.61. The number of aromatic nitrogens is 1. The first-order valence-electron chi connectivity index (χ1n) is 5.33. The van der Waals surface area contributed by atoms with Gasteiger partial charge in [-0.3, -0.25) is 4.79 Å². The summed E-state index contributed by atoms with van der Waals surface area (Å²) in [5.74, 6) is -0.998. The minimum absolute atomic E-state index is 0.0429. The van der Waals surface area contributed by atoms with Crippen LogP contribution >= 0.6 is 0 Å². The summed E-state index contributed by atoms with van der Waals surface area (Å²) >= 11 is 0. The molecular formula is C13H10N2O3. The van der Waals surface area contributed by atoms with E-state index in [1.165, 1.54) is 12.3 Å². The number of benzene rings is 1. The number of rotatable bonds is 3. The number of hydrogen-bond donors (Lipinski definition) is 0. The molecule has 0 amide bonds. The van der Waals surface area contributed by atoms with Gasteiger partial charge in [0.2, 0.25) is 0 Å². The highest BCUT2D eigenvalue weighted by Crippen LogP contribution is 2.21. The predicted molar refractivity (Wildman–Crippen MR) is 61.7 cm³/mol. The summed E-state index contributed by atoms with van der Waals surface area (Å²) in [4.78, 5) is 11.9. The Bertz CT molecular complexity index is 585. The van der Waals surface area contributed by atoms with Gasteiger partial charge in [-0.1, -0.05) is 23.4 Å². The molecule has 2 aromatic rings. The van der Waals surface area contributed by atoms with Crippen molar-refractivity contribution in [1.29, 1.82) is 5.26 Å². The third-order valence-electron chi connectivity index (χ3n) is 2.52. The molecule has 5 nitrogen and oxygen atoms in total. The van der Waals surface area contributed by atoms with Gasteiger partial charge in [-0.05, 0) is 18.6 Å². The average Bonchev–Trinajstić information content (AvgIpc) is 2.90. The normalized spacial score (nSPS) is 11.6. The molecule has 1 aromatic carbocycles. The molecule has 0 spiro atoms. The number of ether oxygens (including phenoxy) is 1. The van der Waals surface area contributed by atoms with Crippen LogP contribution in [0.25, 0.3) is 0 Å². The topological polar surface area (TPSA) is 76.1 Å². The van der Waals surface area contributed by atoms with Crippen LogP contribution in [0.15, 0.2) is 41.1 Å². The van der Waals surface area contributed by atoms with E-state index in [9.17, 15) is 4.79 Å². The van der Waals surface area contributed by atoms with Gasteiger partial charge >= 0.3 is 11.9 Å². The van der Waals surface area contributed by atoms with E-state index in [0.29, 0.717) is 11.1 Å². The van der Waals surface area contributed by atoms with Gasteiger partial charge < -0.3 is 9.26 Å². The number of carbonyl (C=O) groups is 1. The Morgan fingerprint density at radius 3 is 2.89 bits per heavy atom. The molecule has 5 heteroatoms. The van der Waals surface area contributed by atoms with Crippen LogP contribution in [0.2, 0.25) is 0 Å². The number of carbonyl (C=O) groups excluding carboxylic acids is 1. The first-order chi connectivity index (χ1) is 8.72. The molecule has 1 aromatic heterocycles. The van der Waals surface area contributed by atoms with E-state index in [1.54, 1.807) is 31.2 Å². The van der Waals surface area contributed by atoms with Gasteiger partial charge in [-0.25, -0.2) is 0 Å². The zero-order valence-electron chi connectivity index (χ0n) is 9.66. The molecule has 1 unspecified atom stereocenters. The third-order valence-corrected chi connectivity index (χ3v) is 2.52. The Morgan fingerprint density at radius 1 is 1.44 bits per heavy atom. The number of esters is 1. The maximum atomic E-state index is 11.9. The fraction of sp³-hybridized carbons (Fsp3) is 0.154. The molecule has 1 heterocycles. The van der Waals surface area contributed by atoms with Crippen molar-refractivity contribution in [1.82, 2.24) is 5.16 Å². The fourth-order valence-corrected chi connectivity index (χ4v) is 1.55. The molecule has 0 fully saturated rings. The van der Waals surface area contributed by atoms with Crippen molar-refractivity contribution in [3.05, 3.63) is 47.7 Å². The molecule has 1 atom stereocenters. The fourth-order valence-electron chi connectivity index (χ4n) is 1.55. The van der Waals surface area contributed by atoms with Crippen LogP contribution in [0.3, 0.4) is 0 Å². The van der Waals surface area contributed by atoms with Crippen LogP contribution in [0.5, 0.6) is 5.95 Å². The Labute approximate surface area is 104 Å². The number of nitrogens with zero attached hydrogens (tertiary/aromatic N) is 2. The second-order valence-electron chi connectivity index (χ2n) is 3.67. The smallest absolute Gasteiger partial charge is 0.320 e. The van der Waals surface area contributed by atoms with Gasteiger partial charge in [0.15, 0.2) is 0 Å². The van der Waals surface area contributed by atoms with Gasteiger partial charge in [0.25, 0.3) is 0 Å². The van der Waals surface area contributed by atoms with Crippen LogP contribution in [0, 0.1) is 11.3 Å². The van der Waals surface area contributed by atoms with Gasteiger partial charge in [0.05, 0.1) is 23.7 Å². The Kier molecular flexibility index (Phi) is 3.39. The van der Waals surface area contributed by atoms with Crippen molar-refractivity contribution in [3.63, 3.8) is 0 Å². The minimum Gasteiger partial charge on any atom is -0.391 e. The highest BCUT2D eigenvalue weighted by molar-refractivity contribution is 5.80. The maximum Gasteiger partial charge on any atom is 0.320 e. The third kappa shape index (κ3) is 2.38. The van der Waals surface area contributed by atoms with Crippen molar-refractivity contribution in [2.75, 3.05) is 0 Å². The summed E-state index contributed by atoms with van der Waals surface area (Å²) in [7, 11) is 0. The standard InChI is InChI=1S/C13H10N2O3/c1-9(11-5-3-2-4-10(11)8-14)13(16)17-12-6-7-15-18-12/h2-7,9H,1H3. The van der Waals surface area contributed by atoms with E-state index >= 15 is 0 Å². The van der Waals surface area contributed by atoms with Crippen LogP contribution < -0.4 is 4.74 Å². The molecule has 90 valence electrons. The van der Waals surface area contributed by atoms with E-state index in [1.807, 2.05) is 6.07 Å². The van der Waals surface area contributed by atoms with Crippen LogP contribution in [-0.2, 0) is 4.79 Å². The molecule has 18 heavy (non-hydrogen) atoms. The zero-order valence-corrected chi connectivity index (χ0v) is 9.66. The summed E-state index contributed by atoms with van der Waals surface area (Å²) in [6.07, 6.45) is 1.39. The van der Waals surface area contributed by atoms with Gasteiger partial charge in [-0.2, -0.15) is 5.26 Å². The quantitative estimate of drug-likeness (QED) is 0.771. The minimum atomic E-state index is -0.550. The summed E-state index contributed by atoms with van der Waals surface area (Å²) < 4.78 is 9.68. The van der Waals surface area contributed by atoms with E-state index in [0.717, 1.165) is 0 Å². The molecule has 0 aliphatic heterocycles. The van der Waals surface area contributed by atoms with Gasteiger partial charge in [0.1, 0.15) is 0 Å². The van der Waals surface area contributed by atoms with Crippen LogP contribution in [0.4, 0.5) is 0 Å². The summed E-state index contributed by atoms with van der Waals surface area (Å²) in [6.45, 7) is 1.68. The lowest BCUT2D eigenvalue weighted by Crippen LogP contribution is -2.16. The van der Waals surface area contributed by atoms with Crippen molar-refractivity contribution in [2.45, 2.75) is 12.8 Å². The van der Waals surface area contributed by atoms with Crippen molar-refractivity contribution in [2.24, 2.45) is 0 Å². The molecule has 0 aliphatic carbocycles. The molecule has 2 rings (SSSR count). The monoisotopic (exact) mass is 242 g/mol. The van der Waals surface area contributed by atoms with E-state index in [4.69, 9.17) is 10.00 Å². The largest absolute Gasteiger partial charge is 0.391 e. The molecular weight excluding hydrogens is 232 g/mol. The van der Waals surface area contributed by atoms with E-state index in [-0.39, 0.29) is 5.95 Å². The first kappa shape index (κ1) is 11.9. The Morgan fingerprint density at radius 2 is 2.22 bits per heavy atom. The Balaban J connectivity index is 2.18. The highest BCUT2D eigenvalue weighted by atomic mass is 16.6. The van der Waals surface area contributed by atoms with Crippen molar-refractivity contribution >= 4 is 5.97 Å². The molecule has 0 N–H and O–H groups in total. The zero-order chi connectivity index (χ0) is 13.0. The molecule has 0 saturated heterocycles. The highest BCUT2D eigenvalue weighted by Gasteiger charge is 2.21. The average molecular weight is 242 g/mol. The van der Waals surface area contributed by atoms with E-state index in [2.05, 4.69) is 9.68 Å². The van der Waals surface area contributed by atoms with E-state index < -0.39 is 11.9 Å². The summed E-state index contributed by atoms with van der Waals surface area (Å²) in [5, 5.41) is 12.4. The van der Waals surface area contributed by atoms with Gasteiger partial charge in [-0.15, -0.1) is 0 Å². The molecule has 0 bridgehead atoms. The molecule has 0 aliphatic rings. The maximum absolute atomic E-state index is 11.9. The van der Waals surface area contributed by atoms with Crippen LogP contribution in [-0.4, -0.2) is 11.1 Å². The number of nitriles is 1. The molecule has 0 radical (unpaired) electrons. The van der Waals surface area contributed by atoms with Gasteiger partial charge in [0, 0.05) is 6.07 Å². The second-order valence-corrected chi connectivity index (χ2v) is 3.67. The second kappa shape index (κ2) is 5.15. The summed E-state index contributed by atoms with van der Waals surface area (Å²) in [5.41, 5.74) is 1.09. The molecule has 0 saturated carbocycles. The SMILES string of the molecule is CC(C(=O)Oc1ccno1)c1ccccc1C#N.